The lowest BCUT2D eigenvalue weighted by Crippen LogP contribution is -2.29. The van der Waals surface area contributed by atoms with Gasteiger partial charge in [-0.15, -0.1) is 0 Å². The number of benzene rings is 1. The number of hydrogen-bond acceptors (Lipinski definition) is 2. The molecule has 0 N–H and O–H groups in total. The molecule has 70 valence electrons. The molecule has 0 amide bonds. The van der Waals surface area contributed by atoms with Gasteiger partial charge < -0.3 is 8.85 Å². The molecule has 1 aromatic carbocycles. The first-order valence-electron chi connectivity index (χ1n) is 4.78. The SMILES string of the molecule is c1ccc(O[SiH]2CCCCO2)cc1. The molecule has 0 saturated carbocycles. The van der Waals surface area contributed by atoms with Gasteiger partial charge in [-0.25, -0.2) is 0 Å². The highest BCUT2D eigenvalue weighted by Gasteiger charge is 2.18. The van der Waals surface area contributed by atoms with Crippen LogP contribution in [0, 0.1) is 0 Å². The van der Waals surface area contributed by atoms with Gasteiger partial charge in [-0.05, 0) is 31.0 Å². The highest BCUT2D eigenvalue weighted by Crippen LogP contribution is 2.16. The van der Waals surface area contributed by atoms with Crippen LogP contribution in [-0.2, 0) is 4.43 Å². The van der Waals surface area contributed by atoms with Crippen molar-refractivity contribution >= 4 is 9.28 Å². The van der Waals surface area contributed by atoms with E-state index in [0.717, 1.165) is 18.4 Å². The van der Waals surface area contributed by atoms with Crippen LogP contribution < -0.4 is 4.43 Å². The van der Waals surface area contributed by atoms with E-state index in [1.54, 1.807) is 0 Å². The van der Waals surface area contributed by atoms with Gasteiger partial charge in [0, 0.05) is 6.61 Å². The van der Waals surface area contributed by atoms with Gasteiger partial charge in [-0.1, -0.05) is 18.2 Å². The Morgan fingerprint density at radius 3 is 2.69 bits per heavy atom. The van der Waals surface area contributed by atoms with Crippen molar-refractivity contribution in [2.75, 3.05) is 6.61 Å². The molecular formula is C10H14O2Si. The molecule has 1 aliphatic heterocycles. The first-order chi connectivity index (χ1) is 6.45. The van der Waals surface area contributed by atoms with Crippen molar-refractivity contribution in [2.24, 2.45) is 0 Å². The summed E-state index contributed by atoms with van der Waals surface area (Å²) < 4.78 is 11.4. The largest absolute Gasteiger partial charge is 0.522 e. The third-order valence-electron chi connectivity index (χ3n) is 2.15. The molecule has 3 heteroatoms. The topological polar surface area (TPSA) is 18.5 Å². The fraction of sp³-hybridized carbons (Fsp3) is 0.400. The van der Waals surface area contributed by atoms with E-state index in [4.69, 9.17) is 8.85 Å². The molecule has 0 aromatic heterocycles. The minimum Gasteiger partial charge on any atom is -0.522 e. The fourth-order valence-electron chi connectivity index (χ4n) is 1.45. The molecule has 1 saturated heterocycles. The third kappa shape index (κ3) is 2.57. The van der Waals surface area contributed by atoms with Gasteiger partial charge in [0.15, 0.2) is 0 Å². The third-order valence-corrected chi connectivity index (χ3v) is 4.17. The van der Waals surface area contributed by atoms with E-state index in [9.17, 15) is 0 Å². The lowest BCUT2D eigenvalue weighted by Gasteiger charge is -2.21. The second-order valence-corrected chi connectivity index (χ2v) is 5.23. The van der Waals surface area contributed by atoms with Crippen LogP contribution in [0.2, 0.25) is 6.04 Å². The predicted octanol–water partition coefficient (Wildman–Crippen LogP) is 2.10. The Kier molecular flexibility index (Phi) is 3.00. The zero-order chi connectivity index (χ0) is 8.93. The highest BCUT2D eigenvalue weighted by molar-refractivity contribution is 6.45. The molecular weight excluding hydrogens is 180 g/mol. The Morgan fingerprint density at radius 1 is 1.15 bits per heavy atom. The standard InChI is InChI=1S/C10H14O2Si/c1-2-6-10(7-3-1)12-13-9-5-4-8-11-13/h1-3,6-7,13H,4-5,8-9H2. The molecule has 0 spiro atoms. The van der Waals surface area contributed by atoms with E-state index in [1.165, 1.54) is 12.8 Å². The van der Waals surface area contributed by atoms with Crippen molar-refractivity contribution in [1.29, 1.82) is 0 Å². The van der Waals surface area contributed by atoms with Crippen LogP contribution in [0.25, 0.3) is 0 Å². The van der Waals surface area contributed by atoms with Gasteiger partial charge in [-0.3, -0.25) is 0 Å². The maximum absolute atomic E-state index is 5.77. The quantitative estimate of drug-likeness (QED) is 0.671. The molecule has 2 nitrogen and oxygen atoms in total. The predicted molar refractivity (Wildman–Crippen MR) is 54.2 cm³/mol. The molecule has 0 aliphatic carbocycles. The summed E-state index contributed by atoms with van der Waals surface area (Å²) in [6.45, 7) is 0.893. The molecule has 13 heavy (non-hydrogen) atoms. The van der Waals surface area contributed by atoms with Crippen LogP contribution in [0.5, 0.6) is 5.75 Å². The number of rotatable bonds is 2. The van der Waals surface area contributed by atoms with E-state index < -0.39 is 9.28 Å². The molecule has 1 aliphatic rings. The average Bonchev–Trinajstić information content (AvgIpc) is 2.21. The Labute approximate surface area is 80.3 Å². The normalized spacial score (nSPS) is 22.6. The zero-order valence-electron chi connectivity index (χ0n) is 7.61. The summed E-state index contributed by atoms with van der Waals surface area (Å²) in [5.74, 6) is 0.959. The minimum atomic E-state index is -1.35. The summed E-state index contributed by atoms with van der Waals surface area (Å²) in [5, 5.41) is 0. The van der Waals surface area contributed by atoms with Gasteiger partial charge in [0.05, 0.1) is 0 Å². The molecule has 0 bridgehead atoms. The maximum Gasteiger partial charge on any atom is 0.382 e. The molecule has 2 rings (SSSR count). The summed E-state index contributed by atoms with van der Waals surface area (Å²) >= 11 is 0. The molecule has 1 atom stereocenters. The molecule has 0 radical (unpaired) electrons. The van der Waals surface area contributed by atoms with Gasteiger partial charge in [-0.2, -0.15) is 0 Å². The summed E-state index contributed by atoms with van der Waals surface area (Å²) in [6.07, 6.45) is 2.46. The Hall–Kier alpha value is -0.803. The van der Waals surface area contributed by atoms with Crippen LogP contribution in [-0.4, -0.2) is 15.9 Å². The van der Waals surface area contributed by atoms with Gasteiger partial charge in [0.2, 0.25) is 0 Å². The molecule has 1 heterocycles. The van der Waals surface area contributed by atoms with Gasteiger partial charge in [0.1, 0.15) is 5.75 Å². The Morgan fingerprint density at radius 2 is 2.00 bits per heavy atom. The highest BCUT2D eigenvalue weighted by atomic mass is 28.3. The lowest BCUT2D eigenvalue weighted by atomic mass is 10.3. The van der Waals surface area contributed by atoms with Crippen LogP contribution in [0.4, 0.5) is 0 Å². The van der Waals surface area contributed by atoms with E-state index in [2.05, 4.69) is 0 Å². The summed E-state index contributed by atoms with van der Waals surface area (Å²) in [5.41, 5.74) is 0. The Balaban J connectivity index is 1.90. The fourth-order valence-corrected chi connectivity index (χ4v) is 3.32. The van der Waals surface area contributed by atoms with Crippen LogP contribution in [0.1, 0.15) is 12.8 Å². The smallest absolute Gasteiger partial charge is 0.382 e. The summed E-state index contributed by atoms with van der Waals surface area (Å²) in [4.78, 5) is 0. The summed E-state index contributed by atoms with van der Waals surface area (Å²) in [6, 6.07) is 11.1. The van der Waals surface area contributed by atoms with E-state index >= 15 is 0 Å². The maximum atomic E-state index is 5.77. The second kappa shape index (κ2) is 4.44. The monoisotopic (exact) mass is 194 g/mol. The van der Waals surface area contributed by atoms with E-state index in [0.29, 0.717) is 0 Å². The van der Waals surface area contributed by atoms with Crippen molar-refractivity contribution in [3.05, 3.63) is 30.3 Å². The Bertz CT molecular complexity index is 244. The van der Waals surface area contributed by atoms with Crippen molar-refractivity contribution in [2.45, 2.75) is 18.9 Å². The van der Waals surface area contributed by atoms with Crippen molar-refractivity contribution in [1.82, 2.24) is 0 Å². The van der Waals surface area contributed by atoms with Crippen molar-refractivity contribution in [3.63, 3.8) is 0 Å². The van der Waals surface area contributed by atoms with Crippen molar-refractivity contribution < 1.29 is 8.85 Å². The van der Waals surface area contributed by atoms with E-state index in [1.807, 2.05) is 30.3 Å². The van der Waals surface area contributed by atoms with Crippen molar-refractivity contribution in [3.8, 4) is 5.75 Å². The molecule has 1 aromatic rings. The van der Waals surface area contributed by atoms with Crippen LogP contribution in [0.15, 0.2) is 30.3 Å². The number of hydrogen-bond donors (Lipinski definition) is 0. The number of para-hydroxylation sites is 1. The minimum absolute atomic E-state index is 0.893. The average molecular weight is 194 g/mol. The first-order valence-corrected chi connectivity index (χ1v) is 6.54. The van der Waals surface area contributed by atoms with Crippen LogP contribution >= 0.6 is 0 Å². The zero-order valence-corrected chi connectivity index (χ0v) is 8.76. The molecule has 1 fully saturated rings. The van der Waals surface area contributed by atoms with E-state index in [-0.39, 0.29) is 0 Å². The van der Waals surface area contributed by atoms with Crippen LogP contribution in [0.3, 0.4) is 0 Å². The summed E-state index contributed by atoms with van der Waals surface area (Å²) in [7, 11) is -1.35. The van der Waals surface area contributed by atoms with Gasteiger partial charge in [0.25, 0.3) is 0 Å². The van der Waals surface area contributed by atoms with Gasteiger partial charge >= 0.3 is 9.28 Å². The second-order valence-electron chi connectivity index (χ2n) is 3.23. The lowest BCUT2D eigenvalue weighted by molar-refractivity contribution is 0.236. The molecule has 1 unspecified atom stereocenters. The first kappa shape index (κ1) is 8.78.